The van der Waals surface area contributed by atoms with Crippen molar-refractivity contribution in [3.8, 4) is 0 Å². The number of rotatable bonds is 4. The Bertz CT molecular complexity index is 737. The fraction of sp³-hybridized carbons (Fsp3) is 0.286. The number of aryl methyl sites for hydroxylation is 1. The van der Waals surface area contributed by atoms with E-state index in [2.05, 4.69) is 0 Å². The molecule has 1 aromatic carbocycles. The molecule has 0 saturated carbocycles. The molecule has 20 heavy (non-hydrogen) atoms. The molecular formula is C14H14FIN2O2. The molecule has 1 aromatic heterocycles. The van der Waals surface area contributed by atoms with Gasteiger partial charge in [-0.25, -0.2) is 9.18 Å². The summed E-state index contributed by atoms with van der Waals surface area (Å²) >= 11 is 1.91. The molecule has 0 unspecified atom stereocenters. The normalized spacial score (nSPS) is 10.8. The van der Waals surface area contributed by atoms with Gasteiger partial charge in [-0.05, 0) is 46.7 Å². The average Bonchev–Trinajstić information content (AvgIpc) is 2.41. The summed E-state index contributed by atoms with van der Waals surface area (Å²) in [5.41, 5.74) is -0.108. The first-order valence-corrected chi connectivity index (χ1v) is 7.35. The second-order valence-corrected chi connectivity index (χ2v) is 5.64. The minimum Gasteiger partial charge on any atom is -0.299 e. The second kappa shape index (κ2) is 6.34. The standard InChI is InChI=1S/C14H14FIN2O2/c1-2-6-17-9-12(16)13(19)18(14(17)20)8-10-4-3-5-11(15)7-10/h3-5,7,9H,2,6,8H2,1H3. The lowest BCUT2D eigenvalue weighted by Gasteiger charge is -2.10. The Balaban J connectivity index is 2.51. The van der Waals surface area contributed by atoms with E-state index in [-0.39, 0.29) is 23.6 Å². The third kappa shape index (κ3) is 3.17. The lowest BCUT2D eigenvalue weighted by molar-refractivity contribution is 0.564. The molecule has 4 nitrogen and oxygen atoms in total. The van der Waals surface area contributed by atoms with Crippen LogP contribution in [0.3, 0.4) is 0 Å². The van der Waals surface area contributed by atoms with Gasteiger partial charge in [-0.1, -0.05) is 19.1 Å². The Morgan fingerprint density at radius 1 is 1.30 bits per heavy atom. The van der Waals surface area contributed by atoms with Crippen molar-refractivity contribution in [1.82, 2.24) is 9.13 Å². The molecule has 0 spiro atoms. The molecule has 0 amide bonds. The summed E-state index contributed by atoms with van der Waals surface area (Å²) in [5, 5.41) is 0. The highest BCUT2D eigenvalue weighted by atomic mass is 127. The Hall–Kier alpha value is -1.44. The maximum Gasteiger partial charge on any atom is 0.331 e. The van der Waals surface area contributed by atoms with Gasteiger partial charge in [0.05, 0.1) is 10.1 Å². The predicted octanol–water partition coefficient (Wildman–Crippen LogP) is 2.21. The van der Waals surface area contributed by atoms with Gasteiger partial charge in [0.25, 0.3) is 5.56 Å². The number of hydrogen-bond donors (Lipinski definition) is 0. The van der Waals surface area contributed by atoms with Crippen molar-refractivity contribution in [2.24, 2.45) is 0 Å². The fourth-order valence-electron chi connectivity index (χ4n) is 1.98. The van der Waals surface area contributed by atoms with E-state index >= 15 is 0 Å². The predicted molar refractivity (Wildman–Crippen MR) is 83.5 cm³/mol. The van der Waals surface area contributed by atoms with Crippen molar-refractivity contribution in [1.29, 1.82) is 0 Å². The van der Waals surface area contributed by atoms with E-state index in [1.807, 2.05) is 29.5 Å². The lowest BCUT2D eigenvalue weighted by atomic mass is 10.2. The highest BCUT2D eigenvalue weighted by Crippen LogP contribution is 2.04. The average molecular weight is 388 g/mol. The van der Waals surface area contributed by atoms with Crippen molar-refractivity contribution in [3.63, 3.8) is 0 Å². The Labute approximate surface area is 129 Å². The minimum absolute atomic E-state index is 0.0793. The molecule has 106 valence electrons. The maximum absolute atomic E-state index is 13.2. The van der Waals surface area contributed by atoms with Crippen molar-refractivity contribution in [2.45, 2.75) is 26.4 Å². The van der Waals surface area contributed by atoms with Gasteiger partial charge in [-0.15, -0.1) is 0 Å². The molecule has 0 radical (unpaired) electrons. The topological polar surface area (TPSA) is 44.0 Å². The summed E-state index contributed by atoms with van der Waals surface area (Å²) in [6, 6.07) is 5.92. The third-order valence-corrected chi connectivity index (χ3v) is 3.63. The van der Waals surface area contributed by atoms with Gasteiger partial charge >= 0.3 is 5.69 Å². The van der Waals surface area contributed by atoms with Crippen molar-refractivity contribution in [2.75, 3.05) is 0 Å². The molecule has 0 fully saturated rings. The van der Waals surface area contributed by atoms with Crippen LogP contribution in [0.5, 0.6) is 0 Å². The molecule has 6 heteroatoms. The first kappa shape index (κ1) is 15.0. The summed E-state index contributed by atoms with van der Waals surface area (Å²) in [6.07, 6.45) is 2.37. The van der Waals surface area contributed by atoms with Gasteiger partial charge in [0.2, 0.25) is 0 Å². The van der Waals surface area contributed by atoms with Gasteiger partial charge in [0.15, 0.2) is 0 Å². The summed E-state index contributed by atoms with van der Waals surface area (Å²) in [4.78, 5) is 24.3. The van der Waals surface area contributed by atoms with E-state index in [9.17, 15) is 14.0 Å². The van der Waals surface area contributed by atoms with E-state index in [0.717, 1.165) is 11.0 Å². The highest BCUT2D eigenvalue weighted by molar-refractivity contribution is 14.1. The van der Waals surface area contributed by atoms with Gasteiger partial charge in [0, 0.05) is 12.7 Å². The van der Waals surface area contributed by atoms with Crippen LogP contribution in [0.15, 0.2) is 40.1 Å². The monoisotopic (exact) mass is 388 g/mol. The van der Waals surface area contributed by atoms with Crippen molar-refractivity contribution < 1.29 is 4.39 Å². The fourth-order valence-corrected chi connectivity index (χ4v) is 2.60. The maximum atomic E-state index is 13.2. The molecule has 1 heterocycles. The molecule has 0 aliphatic heterocycles. The van der Waals surface area contributed by atoms with Gasteiger partial charge < -0.3 is 0 Å². The summed E-state index contributed by atoms with van der Waals surface area (Å²) in [6.45, 7) is 2.59. The third-order valence-electron chi connectivity index (χ3n) is 2.89. The molecule has 0 saturated heterocycles. The molecule has 0 bridgehead atoms. The molecule has 0 N–H and O–H groups in total. The number of aromatic nitrogens is 2. The zero-order chi connectivity index (χ0) is 14.7. The molecule has 0 aliphatic rings. The smallest absolute Gasteiger partial charge is 0.299 e. The number of nitrogens with zero attached hydrogens (tertiary/aromatic N) is 2. The lowest BCUT2D eigenvalue weighted by Crippen LogP contribution is -2.41. The van der Waals surface area contributed by atoms with Crippen LogP contribution in [-0.2, 0) is 13.1 Å². The van der Waals surface area contributed by atoms with Crippen LogP contribution in [-0.4, -0.2) is 9.13 Å². The van der Waals surface area contributed by atoms with E-state index < -0.39 is 0 Å². The van der Waals surface area contributed by atoms with E-state index in [1.54, 1.807) is 18.3 Å². The SMILES string of the molecule is CCCn1cc(I)c(=O)n(Cc2cccc(F)c2)c1=O. The number of halogens is 2. The van der Waals surface area contributed by atoms with Crippen molar-refractivity contribution >= 4 is 22.6 Å². The van der Waals surface area contributed by atoms with Crippen LogP contribution in [0.25, 0.3) is 0 Å². The summed E-state index contributed by atoms with van der Waals surface area (Å²) in [5.74, 6) is -0.380. The van der Waals surface area contributed by atoms with Crippen LogP contribution >= 0.6 is 22.6 Å². The van der Waals surface area contributed by atoms with Crippen molar-refractivity contribution in [3.05, 3.63) is 66.3 Å². The summed E-state index contributed by atoms with van der Waals surface area (Å²) < 4.78 is 16.3. The number of benzene rings is 1. The highest BCUT2D eigenvalue weighted by Gasteiger charge is 2.10. The first-order valence-electron chi connectivity index (χ1n) is 6.27. The van der Waals surface area contributed by atoms with Crippen LogP contribution in [0.2, 0.25) is 0 Å². The molecule has 0 atom stereocenters. The summed E-state index contributed by atoms with van der Waals surface area (Å²) in [7, 11) is 0. The molecule has 2 rings (SSSR count). The second-order valence-electron chi connectivity index (χ2n) is 4.47. The Morgan fingerprint density at radius 3 is 2.70 bits per heavy atom. The minimum atomic E-state index is -0.380. The first-order chi connectivity index (χ1) is 9.52. The van der Waals surface area contributed by atoms with Gasteiger partial charge in [0.1, 0.15) is 5.82 Å². The quantitative estimate of drug-likeness (QED) is 0.755. The Kier molecular flexibility index (Phi) is 4.74. The Morgan fingerprint density at radius 2 is 2.05 bits per heavy atom. The molecule has 2 aromatic rings. The van der Waals surface area contributed by atoms with E-state index in [4.69, 9.17) is 0 Å². The van der Waals surface area contributed by atoms with Gasteiger partial charge in [-0.2, -0.15) is 0 Å². The largest absolute Gasteiger partial charge is 0.331 e. The van der Waals surface area contributed by atoms with E-state index in [0.29, 0.717) is 15.7 Å². The van der Waals surface area contributed by atoms with Crippen LogP contribution < -0.4 is 11.2 Å². The molecular weight excluding hydrogens is 374 g/mol. The van der Waals surface area contributed by atoms with Gasteiger partial charge in [-0.3, -0.25) is 13.9 Å². The van der Waals surface area contributed by atoms with Crippen LogP contribution in [0, 0.1) is 9.39 Å². The number of hydrogen-bond acceptors (Lipinski definition) is 2. The molecule has 0 aliphatic carbocycles. The zero-order valence-electron chi connectivity index (χ0n) is 11.0. The van der Waals surface area contributed by atoms with Crippen LogP contribution in [0.4, 0.5) is 4.39 Å². The van der Waals surface area contributed by atoms with E-state index in [1.165, 1.54) is 16.7 Å². The van der Waals surface area contributed by atoms with Crippen LogP contribution in [0.1, 0.15) is 18.9 Å². The zero-order valence-corrected chi connectivity index (χ0v) is 13.1.